The van der Waals surface area contributed by atoms with Crippen LogP contribution in [-0.4, -0.2) is 16.9 Å². The van der Waals surface area contributed by atoms with Gasteiger partial charge < -0.3 is 10.8 Å². The lowest BCUT2D eigenvalue weighted by molar-refractivity contribution is -0.131. The number of carboxylic acid groups (broad SMARTS) is 1. The molecule has 0 saturated heterocycles. The van der Waals surface area contributed by atoms with Crippen molar-refractivity contribution in [2.75, 3.05) is 0 Å². The van der Waals surface area contributed by atoms with E-state index in [-0.39, 0.29) is 5.84 Å². The van der Waals surface area contributed by atoms with E-state index < -0.39 is 5.97 Å². The van der Waals surface area contributed by atoms with E-state index in [2.05, 4.69) is 0 Å². The van der Waals surface area contributed by atoms with Crippen molar-refractivity contribution in [3.8, 4) is 0 Å². The number of nitrogens with one attached hydrogen (secondary N) is 1. The summed E-state index contributed by atoms with van der Waals surface area (Å²) in [5, 5.41) is 15.6. The van der Waals surface area contributed by atoms with E-state index in [1.165, 1.54) is 6.08 Å². The van der Waals surface area contributed by atoms with Crippen molar-refractivity contribution in [2.24, 2.45) is 5.73 Å². The lowest BCUT2D eigenvalue weighted by atomic mass is 10.1. The predicted molar refractivity (Wildman–Crippen MR) is 54.1 cm³/mol. The van der Waals surface area contributed by atoms with Gasteiger partial charge in [-0.05, 0) is 17.7 Å². The fourth-order valence-corrected chi connectivity index (χ4v) is 0.977. The van der Waals surface area contributed by atoms with Gasteiger partial charge in [-0.25, -0.2) is 4.79 Å². The molecule has 1 rings (SSSR count). The topological polar surface area (TPSA) is 87.2 Å². The third-order valence-corrected chi connectivity index (χ3v) is 1.62. The second-order valence-electron chi connectivity index (χ2n) is 2.71. The summed E-state index contributed by atoms with van der Waals surface area (Å²) >= 11 is 0. The van der Waals surface area contributed by atoms with Crippen molar-refractivity contribution in [2.45, 2.75) is 0 Å². The van der Waals surface area contributed by atoms with Crippen molar-refractivity contribution in [1.82, 2.24) is 0 Å². The first-order chi connectivity index (χ1) is 6.59. The van der Waals surface area contributed by atoms with E-state index in [9.17, 15) is 4.79 Å². The second-order valence-corrected chi connectivity index (χ2v) is 2.71. The smallest absolute Gasteiger partial charge is 0.328 e. The van der Waals surface area contributed by atoms with Gasteiger partial charge in [0.05, 0.1) is 0 Å². The van der Waals surface area contributed by atoms with Crippen LogP contribution in [0.5, 0.6) is 0 Å². The average Bonchev–Trinajstić information content (AvgIpc) is 2.15. The highest BCUT2D eigenvalue weighted by Gasteiger charge is 1.96. The molecule has 0 unspecified atom stereocenters. The maximum atomic E-state index is 10.2. The molecule has 1 aromatic carbocycles. The van der Waals surface area contributed by atoms with Crippen molar-refractivity contribution >= 4 is 17.9 Å². The second kappa shape index (κ2) is 4.23. The Kier molecular flexibility index (Phi) is 3.01. The molecule has 14 heavy (non-hydrogen) atoms. The molecule has 4 nitrogen and oxygen atoms in total. The Balaban J connectivity index is 2.94. The van der Waals surface area contributed by atoms with Crippen molar-refractivity contribution in [1.29, 1.82) is 5.41 Å². The van der Waals surface area contributed by atoms with E-state index in [0.717, 1.165) is 6.08 Å². The van der Waals surface area contributed by atoms with Crippen LogP contribution in [0.1, 0.15) is 11.1 Å². The van der Waals surface area contributed by atoms with Gasteiger partial charge in [0.2, 0.25) is 0 Å². The van der Waals surface area contributed by atoms with Crippen LogP contribution in [0.15, 0.2) is 30.3 Å². The maximum absolute atomic E-state index is 10.2. The summed E-state index contributed by atoms with van der Waals surface area (Å²) in [6, 6.07) is 6.81. The predicted octanol–water partition coefficient (Wildman–Crippen LogP) is 1.07. The van der Waals surface area contributed by atoms with E-state index in [4.69, 9.17) is 16.2 Å². The third-order valence-electron chi connectivity index (χ3n) is 1.62. The number of amidine groups is 1. The average molecular weight is 190 g/mol. The molecule has 0 atom stereocenters. The molecular weight excluding hydrogens is 180 g/mol. The molecule has 0 spiro atoms. The Hall–Kier alpha value is -2.10. The van der Waals surface area contributed by atoms with Gasteiger partial charge in [-0.2, -0.15) is 0 Å². The summed E-state index contributed by atoms with van der Waals surface area (Å²) in [7, 11) is 0. The van der Waals surface area contributed by atoms with E-state index >= 15 is 0 Å². The molecule has 0 amide bonds. The molecular formula is C10H10N2O2. The minimum Gasteiger partial charge on any atom is -0.478 e. The molecule has 0 heterocycles. The molecule has 0 aliphatic heterocycles. The van der Waals surface area contributed by atoms with Crippen molar-refractivity contribution in [3.05, 3.63) is 41.5 Å². The standard InChI is InChI=1S/C10H10N2O2/c11-10(12)8-3-1-2-7(6-8)4-5-9(13)14/h1-6H,(H3,11,12)(H,13,14). The molecule has 72 valence electrons. The number of hydrogen-bond donors (Lipinski definition) is 3. The number of carbonyl (C=O) groups is 1. The first-order valence-electron chi connectivity index (χ1n) is 3.95. The largest absolute Gasteiger partial charge is 0.478 e. The molecule has 0 aliphatic carbocycles. The molecule has 4 N–H and O–H groups in total. The Morgan fingerprint density at radius 2 is 2.21 bits per heavy atom. The molecule has 0 saturated carbocycles. The number of nitrogen functional groups attached to an aromatic ring is 1. The first-order valence-corrected chi connectivity index (χ1v) is 3.95. The zero-order valence-electron chi connectivity index (χ0n) is 7.40. The van der Waals surface area contributed by atoms with Crippen LogP contribution in [-0.2, 0) is 4.79 Å². The Labute approximate surface area is 81.2 Å². The Morgan fingerprint density at radius 3 is 2.79 bits per heavy atom. The summed E-state index contributed by atoms with van der Waals surface area (Å²) < 4.78 is 0. The summed E-state index contributed by atoms with van der Waals surface area (Å²) in [5.74, 6) is -1.03. The lowest BCUT2D eigenvalue weighted by Crippen LogP contribution is -2.10. The number of hydrogen-bond acceptors (Lipinski definition) is 2. The Morgan fingerprint density at radius 1 is 1.50 bits per heavy atom. The summed E-state index contributed by atoms with van der Waals surface area (Å²) in [6.07, 6.45) is 2.49. The van der Waals surface area contributed by atoms with E-state index in [1.807, 2.05) is 0 Å². The maximum Gasteiger partial charge on any atom is 0.328 e. The quantitative estimate of drug-likeness (QED) is 0.378. The minimum atomic E-state index is -1.00. The van der Waals surface area contributed by atoms with Gasteiger partial charge >= 0.3 is 5.97 Å². The molecule has 0 aromatic heterocycles. The van der Waals surface area contributed by atoms with Crippen LogP contribution in [0.3, 0.4) is 0 Å². The van der Waals surface area contributed by atoms with E-state index in [0.29, 0.717) is 11.1 Å². The summed E-state index contributed by atoms with van der Waals surface area (Å²) in [6.45, 7) is 0. The van der Waals surface area contributed by atoms with E-state index in [1.54, 1.807) is 24.3 Å². The molecule has 0 radical (unpaired) electrons. The zero-order chi connectivity index (χ0) is 10.6. The summed E-state index contributed by atoms with van der Waals surface area (Å²) in [4.78, 5) is 10.2. The van der Waals surface area contributed by atoms with Crippen LogP contribution < -0.4 is 5.73 Å². The van der Waals surface area contributed by atoms with Crippen LogP contribution in [0, 0.1) is 5.41 Å². The molecule has 4 heteroatoms. The number of rotatable bonds is 3. The highest BCUT2D eigenvalue weighted by Crippen LogP contribution is 2.06. The lowest BCUT2D eigenvalue weighted by Gasteiger charge is -1.98. The number of aliphatic carboxylic acids is 1. The van der Waals surface area contributed by atoms with Crippen LogP contribution >= 0.6 is 0 Å². The van der Waals surface area contributed by atoms with Crippen LogP contribution in [0.25, 0.3) is 6.08 Å². The van der Waals surface area contributed by atoms with Crippen molar-refractivity contribution < 1.29 is 9.90 Å². The van der Waals surface area contributed by atoms with Crippen LogP contribution in [0.2, 0.25) is 0 Å². The molecule has 0 fully saturated rings. The number of nitrogens with two attached hydrogens (primary N) is 1. The minimum absolute atomic E-state index is 0.0319. The monoisotopic (exact) mass is 190 g/mol. The van der Waals surface area contributed by atoms with Gasteiger partial charge in [-0.3, -0.25) is 5.41 Å². The SMILES string of the molecule is N=C(N)c1cccc(C=CC(=O)O)c1. The molecule has 0 bridgehead atoms. The normalized spacial score (nSPS) is 10.3. The van der Waals surface area contributed by atoms with Gasteiger partial charge in [-0.1, -0.05) is 18.2 Å². The third kappa shape index (κ3) is 2.75. The summed E-state index contributed by atoms with van der Waals surface area (Å²) in [5.41, 5.74) is 6.57. The van der Waals surface area contributed by atoms with Gasteiger partial charge in [0.15, 0.2) is 0 Å². The number of benzene rings is 1. The molecule has 0 aliphatic rings. The van der Waals surface area contributed by atoms with Gasteiger partial charge in [0.25, 0.3) is 0 Å². The highest BCUT2D eigenvalue weighted by atomic mass is 16.4. The first kappa shape index (κ1) is 9.98. The fourth-order valence-electron chi connectivity index (χ4n) is 0.977. The van der Waals surface area contributed by atoms with Crippen molar-refractivity contribution in [3.63, 3.8) is 0 Å². The van der Waals surface area contributed by atoms with Gasteiger partial charge in [0.1, 0.15) is 5.84 Å². The number of carboxylic acids is 1. The highest BCUT2D eigenvalue weighted by molar-refractivity contribution is 5.95. The fraction of sp³-hybridized carbons (Fsp3) is 0. The van der Waals surface area contributed by atoms with Gasteiger partial charge in [0, 0.05) is 11.6 Å². The van der Waals surface area contributed by atoms with Crippen LogP contribution in [0.4, 0.5) is 0 Å². The van der Waals surface area contributed by atoms with Gasteiger partial charge in [-0.15, -0.1) is 0 Å². The molecule has 1 aromatic rings. The Bertz CT molecular complexity index is 397. The zero-order valence-corrected chi connectivity index (χ0v) is 7.40.